The van der Waals surface area contributed by atoms with Gasteiger partial charge in [0.2, 0.25) is 0 Å². The molecule has 1 atom stereocenters. The van der Waals surface area contributed by atoms with Gasteiger partial charge in [0.15, 0.2) is 0 Å². The van der Waals surface area contributed by atoms with Crippen LogP contribution in [0.25, 0.3) is 0 Å². The summed E-state index contributed by atoms with van der Waals surface area (Å²) in [7, 11) is 0. The molecule has 1 heterocycles. The molecule has 1 aliphatic heterocycles. The van der Waals surface area contributed by atoms with E-state index in [1.54, 1.807) is 0 Å². The third-order valence-electron chi connectivity index (χ3n) is 3.90. The van der Waals surface area contributed by atoms with Crippen LogP contribution in [0, 0.1) is 0 Å². The van der Waals surface area contributed by atoms with E-state index in [9.17, 15) is 0 Å². The van der Waals surface area contributed by atoms with Crippen molar-refractivity contribution in [2.75, 3.05) is 36.8 Å². The van der Waals surface area contributed by atoms with Crippen molar-refractivity contribution in [3.63, 3.8) is 0 Å². The van der Waals surface area contributed by atoms with E-state index in [2.05, 4.69) is 35.8 Å². The normalized spacial score (nSPS) is 20.4. The van der Waals surface area contributed by atoms with Crippen LogP contribution in [0.2, 0.25) is 0 Å². The summed E-state index contributed by atoms with van der Waals surface area (Å²) in [5.41, 5.74) is 7.90. The van der Waals surface area contributed by atoms with Gasteiger partial charge >= 0.3 is 0 Å². The number of likely N-dealkylation sites (N-methyl/N-ethyl adjacent to an activating group) is 1. The fourth-order valence-corrected chi connectivity index (χ4v) is 2.78. The molecular formula is C16H27N3O. The Hall–Kier alpha value is -1.42. The summed E-state index contributed by atoms with van der Waals surface area (Å²) in [5, 5.41) is 0. The Morgan fingerprint density at radius 2 is 2.10 bits per heavy atom. The first-order chi connectivity index (χ1) is 9.51. The first kappa shape index (κ1) is 15.0. The zero-order valence-corrected chi connectivity index (χ0v) is 13.1. The lowest BCUT2D eigenvalue weighted by molar-refractivity contribution is 0.199. The molecule has 0 spiro atoms. The van der Waals surface area contributed by atoms with Gasteiger partial charge in [0, 0.05) is 37.4 Å². The van der Waals surface area contributed by atoms with E-state index < -0.39 is 0 Å². The molecular weight excluding hydrogens is 250 g/mol. The maximum Gasteiger partial charge on any atom is 0.144 e. The van der Waals surface area contributed by atoms with Gasteiger partial charge in [0.1, 0.15) is 5.75 Å². The molecule has 1 fully saturated rings. The molecule has 1 aromatic carbocycles. The first-order valence-corrected chi connectivity index (χ1v) is 7.56. The van der Waals surface area contributed by atoms with Crippen LogP contribution in [0.5, 0.6) is 5.75 Å². The standard InChI is InChI=1S/C16H27N3O/c1-5-18-8-9-19(11-13(18)4)14-6-7-15(17)16(10-14)20-12(2)3/h6-7,10,12-13H,5,8-9,11,17H2,1-4H3. The van der Waals surface area contributed by atoms with E-state index in [0.29, 0.717) is 11.7 Å². The summed E-state index contributed by atoms with van der Waals surface area (Å²) in [6.07, 6.45) is 0.142. The summed E-state index contributed by atoms with van der Waals surface area (Å²) < 4.78 is 5.78. The Balaban J connectivity index is 2.13. The Morgan fingerprint density at radius 1 is 1.35 bits per heavy atom. The van der Waals surface area contributed by atoms with Gasteiger partial charge in [-0.05, 0) is 39.4 Å². The lowest BCUT2D eigenvalue weighted by atomic mass is 10.1. The minimum Gasteiger partial charge on any atom is -0.489 e. The highest BCUT2D eigenvalue weighted by atomic mass is 16.5. The quantitative estimate of drug-likeness (QED) is 0.859. The second kappa shape index (κ2) is 6.35. The van der Waals surface area contributed by atoms with Gasteiger partial charge in [0.05, 0.1) is 11.8 Å². The van der Waals surface area contributed by atoms with Crippen molar-refractivity contribution in [3.8, 4) is 5.75 Å². The second-order valence-corrected chi connectivity index (χ2v) is 5.81. The van der Waals surface area contributed by atoms with E-state index in [1.807, 2.05) is 19.9 Å². The number of anilines is 2. The van der Waals surface area contributed by atoms with Crippen molar-refractivity contribution in [1.29, 1.82) is 0 Å². The molecule has 2 N–H and O–H groups in total. The van der Waals surface area contributed by atoms with Gasteiger partial charge in [-0.1, -0.05) is 6.92 Å². The van der Waals surface area contributed by atoms with Crippen molar-refractivity contribution >= 4 is 11.4 Å². The molecule has 1 aromatic rings. The lowest BCUT2D eigenvalue weighted by Crippen LogP contribution is -2.51. The zero-order chi connectivity index (χ0) is 14.7. The minimum absolute atomic E-state index is 0.142. The Labute approximate surface area is 122 Å². The predicted molar refractivity (Wildman–Crippen MR) is 85.5 cm³/mol. The second-order valence-electron chi connectivity index (χ2n) is 5.81. The molecule has 1 unspecified atom stereocenters. The smallest absolute Gasteiger partial charge is 0.144 e. The highest BCUT2D eigenvalue weighted by molar-refractivity contribution is 5.62. The Bertz CT molecular complexity index is 447. The molecule has 112 valence electrons. The highest BCUT2D eigenvalue weighted by Crippen LogP contribution is 2.29. The largest absolute Gasteiger partial charge is 0.489 e. The number of ether oxygens (including phenoxy) is 1. The van der Waals surface area contributed by atoms with Crippen molar-refractivity contribution in [2.45, 2.75) is 39.8 Å². The number of nitrogens with zero attached hydrogens (tertiary/aromatic N) is 2. The van der Waals surface area contributed by atoms with Gasteiger partial charge in [-0.25, -0.2) is 0 Å². The Kier molecular flexibility index (Phi) is 4.76. The number of nitrogens with two attached hydrogens (primary N) is 1. The summed E-state index contributed by atoms with van der Waals surface area (Å²) in [4.78, 5) is 4.93. The van der Waals surface area contributed by atoms with E-state index in [4.69, 9.17) is 10.5 Å². The predicted octanol–water partition coefficient (Wildman–Crippen LogP) is 2.59. The van der Waals surface area contributed by atoms with Crippen LogP contribution >= 0.6 is 0 Å². The number of hydrogen-bond donors (Lipinski definition) is 1. The summed E-state index contributed by atoms with van der Waals surface area (Å²) >= 11 is 0. The van der Waals surface area contributed by atoms with Crippen LogP contribution in [-0.2, 0) is 0 Å². The molecule has 2 rings (SSSR count). The van der Waals surface area contributed by atoms with Crippen LogP contribution in [-0.4, -0.2) is 43.2 Å². The van der Waals surface area contributed by atoms with Gasteiger partial charge in [-0.15, -0.1) is 0 Å². The SMILES string of the molecule is CCN1CCN(c2ccc(N)c(OC(C)C)c2)CC1C. The van der Waals surface area contributed by atoms with Crippen molar-refractivity contribution < 1.29 is 4.74 Å². The van der Waals surface area contributed by atoms with Crippen molar-refractivity contribution in [2.24, 2.45) is 0 Å². The Morgan fingerprint density at radius 3 is 2.70 bits per heavy atom. The molecule has 20 heavy (non-hydrogen) atoms. The molecule has 4 heteroatoms. The average molecular weight is 277 g/mol. The van der Waals surface area contributed by atoms with E-state index in [1.165, 1.54) is 5.69 Å². The van der Waals surface area contributed by atoms with Crippen LogP contribution in [0.3, 0.4) is 0 Å². The molecule has 4 nitrogen and oxygen atoms in total. The van der Waals surface area contributed by atoms with Crippen molar-refractivity contribution in [3.05, 3.63) is 18.2 Å². The zero-order valence-electron chi connectivity index (χ0n) is 13.1. The fraction of sp³-hybridized carbons (Fsp3) is 0.625. The van der Waals surface area contributed by atoms with Crippen LogP contribution < -0.4 is 15.4 Å². The first-order valence-electron chi connectivity index (χ1n) is 7.56. The van der Waals surface area contributed by atoms with Crippen LogP contribution in [0.4, 0.5) is 11.4 Å². The van der Waals surface area contributed by atoms with E-state index in [0.717, 1.165) is 31.9 Å². The molecule has 0 aliphatic carbocycles. The molecule has 0 amide bonds. The number of benzene rings is 1. The number of piperazine rings is 1. The average Bonchev–Trinajstić information content (AvgIpc) is 2.40. The van der Waals surface area contributed by atoms with Gasteiger partial charge in [0.25, 0.3) is 0 Å². The van der Waals surface area contributed by atoms with Gasteiger partial charge < -0.3 is 15.4 Å². The third-order valence-corrected chi connectivity index (χ3v) is 3.90. The molecule has 0 aromatic heterocycles. The molecule has 0 saturated carbocycles. The van der Waals surface area contributed by atoms with Crippen molar-refractivity contribution in [1.82, 2.24) is 4.90 Å². The lowest BCUT2D eigenvalue weighted by Gasteiger charge is -2.40. The summed E-state index contributed by atoms with van der Waals surface area (Å²) in [5.74, 6) is 0.795. The number of nitrogen functional groups attached to an aromatic ring is 1. The number of hydrogen-bond acceptors (Lipinski definition) is 4. The summed E-state index contributed by atoms with van der Waals surface area (Å²) in [6.45, 7) is 12.9. The maximum atomic E-state index is 5.99. The van der Waals surface area contributed by atoms with Gasteiger partial charge in [-0.3, -0.25) is 4.90 Å². The molecule has 1 aliphatic rings. The topological polar surface area (TPSA) is 41.7 Å². The van der Waals surface area contributed by atoms with Gasteiger partial charge in [-0.2, -0.15) is 0 Å². The third kappa shape index (κ3) is 3.37. The van der Waals surface area contributed by atoms with Crippen LogP contribution in [0.1, 0.15) is 27.7 Å². The number of rotatable bonds is 4. The molecule has 0 bridgehead atoms. The van der Waals surface area contributed by atoms with Crippen LogP contribution in [0.15, 0.2) is 18.2 Å². The maximum absolute atomic E-state index is 5.99. The minimum atomic E-state index is 0.142. The van der Waals surface area contributed by atoms with E-state index >= 15 is 0 Å². The monoisotopic (exact) mass is 277 g/mol. The molecule has 1 saturated heterocycles. The fourth-order valence-electron chi connectivity index (χ4n) is 2.78. The highest BCUT2D eigenvalue weighted by Gasteiger charge is 2.23. The molecule has 0 radical (unpaired) electrons. The van der Waals surface area contributed by atoms with E-state index in [-0.39, 0.29) is 6.10 Å². The summed E-state index contributed by atoms with van der Waals surface area (Å²) in [6, 6.07) is 6.70.